The molecule has 0 aromatic heterocycles. The summed E-state index contributed by atoms with van der Waals surface area (Å²) < 4.78 is 0. The molecule has 0 saturated carbocycles. The molecule has 0 spiro atoms. The summed E-state index contributed by atoms with van der Waals surface area (Å²) in [5, 5.41) is 8.41. The van der Waals surface area contributed by atoms with E-state index in [0.717, 1.165) is 13.1 Å². The fraction of sp³-hybridized carbons (Fsp3) is 0.857. The van der Waals surface area contributed by atoms with Gasteiger partial charge in [0.15, 0.2) is 0 Å². The van der Waals surface area contributed by atoms with Crippen molar-refractivity contribution in [3.8, 4) is 6.07 Å². The molecule has 0 bridgehead atoms. The quantitative estimate of drug-likeness (QED) is 0.547. The van der Waals surface area contributed by atoms with Gasteiger partial charge in [-0.05, 0) is 7.05 Å². The average molecular weight is 139 g/mol. The zero-order valence-corrected chi connectivity index (χ0v) is 6.25. The second kappa shape index (κ2) is 3.00. The van der Waals surface area contributed by atoms with Crippen LogP contribution in [-0.2, 0) is 0 Å². The van der Waals surface area contributed by atoms with E-state index >= 15 is 0 Å². The lowest BCUT2D eigenvalue weighted by molar-refractivity contribution is 0.396. The molecular formula is C7H13N3. The number of likely N-dealkylation sites (N-methyl/N-ethyl adjacent to an activating group) is 1. The minimum absolute atomic E-state index is 0.213. The number of likely N-dealkylation sites (tertiary alicyclic amines) is 1. The van der Waals surface area contributed by atoms with Gasteiger partial charge in [0.25, 0.3) is 0 Å². The van der Waals surface area contributed by atoms with Crippen molar-refractivity contribution >= 4 is 0 Å². The molecule has 10 heavy (non-hydrogen) atoms. The third kappa shape index (κ3) is 1.47. The summed E-state index contributed by atoms with van der Waals surface area (Å²) >= 11 is 0. The van der Waals surface area contributed by atoms with Gasteiger partial charge in [0.1, 0.15) is 0 Å². The molecule has 3 heteroatoms. The van der Waals surface area contributed by atoms with Gasteiger partial charge in [0.2, 0.25) is 0 Å². The third-order valence-corrected chi connectivity index (χ3v) is 2.03. The summed E-state index contributed by atoms with van der Waals surface area (Å²) in [6.07, 6.45) is 0.603. The van der Waals surface area contributed by atoms with E-state index in [0.29, 0.717) is 12.3 Å². The van der Waals surface area contributed by atoms with Gasteiger partial charge in [-0.2, -0.15) is 5.26 Å². The molecule has 1 saturated heterocycles. The highest BCUT2D eigenvalue weighted by molar-refractivity contribution is 4.90. The summed E-state index contributed by atoms with van der Waals surface area (Å²) in [7, 11) is 2.04. The standard InChI is InChI=1S/C7H13N3/c1-10-4-6(2-3-8)7(9)5-10/h6-7H,2,4-5,9H2,1H3. The van der Waals surface area contributed by atoms with Crippen molar-refractivity contribution < 1.29 is 0 Å². The summed E-state index contributed by atoms with van der Waals surface area (Å²) in [6.45, 7) is 1.92. The number of rotatable bonds is 1. The number of nitrogens with zero attached hydrogens (tertiary/aromatic N) is 2. The largest absolute Gasteiger partial charge is 0.326 e. The molecule has 1 heterocycles. The second-order valence-corrected chi connectivity index (χ2v) is 3.01. The maximum atomic E-state index is 8.41. The molecule has 56 valence electrons. The lowest BCUT2D eigenvalue weighted by Crippen LogP contribution is -2.28. The Hall–Kier alpha value is -0.590. The van der Waals surface area contributed by atoms with E-state index in [1.807, 2.05) is 7.05 Å². The van der Waals surface area contributed by atoms with E-state index in [4.69, 9.17) is 11.0 Å². The fourth-order valence-corrected chi connectivity index (χ4v) is 1.45. The van der Waals surface area contributed by atoms with E-state index in [9.17, 15) is 0 Å². The van der Waals surface area contributed by atoms with Gasteiger partial charge < -0.3 is 10.6 Å². The normalized spacial score (nSPS) is 34.1. The SMILES string of the molecule is CN1CC(N)C(CC#N)C1. The van der Waals surface area contributed by atoms with Crippen molar-refractivity contribution in [3.63, 3.8) is 0 Å². The Labute approximate surface area is 61.4 Å². The van der Waals surface area contributed by atoms with Crippen LogP contribution in [0.4, 0.5) is 0 Å². The molecule has 0 radical (unpaired) electrons. The fourth-order valence-electron chi connectivity index (χ4n) is 1.45. The Balaban J connectivity index is 2.40. The predicted octanol–water partition coefficient (Wildman–Crippen LogP) is -0.211. The van der Waals surface area contributed by atoms with Gasteiger partial charge >= 0.3 is 0 Å². The van der Waals surface area contributed by atoms with E-state index < -0.39 is 0 Å². The topological polar surface area (TPSA) is 53.0 Å². The zero-order chi connectivity index (χ0) is 7.56. The molecular weight excluding hydrogens is 126 g/mol. The molecule has 1 rings (SSSR count). The molecule has 3 nitrogen and oxygen atoms in total. The van der Waals surface area contributed by atoms with Crippen molar-refractivity contribution in [2.24, 2.45) is 11.7 Å². The highest BCUT2D eigenvalue weighted by Gasteiger charge is 2.26. The van der Waals surface area contributed by atoms with Gasteiger partial charge in [-0.25, -0.2) is 0 Å². The minimum Gasteiger partial charge on any atom is -0.326 e. The Morgan fingerprint density at radius 3 is 2.80 bits per heavy atom. The van der Waals surface area contributed by atoms with Gasteiger partial charge in [-0.1, -0.05) is 0 Å². The van der Waals surface area contributed by atoms with Gasteiger partial charge in [0.05, 0.1) is 6.07 Å². The molecule has 2 atom stereocenters. The number of hydrogen-bond acceptors (Lipinski definition) is 3. The van der Waals surface area contributed by atoms with Crippen LogP contribution in [0.3, 0.4) is 0 Å². The predicted molar refractivity (Wildman–Crippen MR) is 39.2 cm³/mol. The number of nitrogens with two attached hydrogens (primary N) is 1. The van der Waals surface area contributed by atoms with E-state index in [1.54, 1.807) is 0 Å². The van der Waals surface area contributed by atoms with E-state index in [1.165, 1.54) is 0 Å². The average Bonchev–Trinajstić information content (AvgIpc) is 2.13. The molecule has 0 aromatic rings. The van der Waals surface area contributed by atoms with Crippen molar-refractivity contribution in [3.05, 3.63) is 0 Å². The van der Waals surface area contributed by atoms with Crippen LogP contribution in [0.15, 0.2) is 0 Å². The molecule has 0 amide bonds. The maximum Gasteiger partial charge on any atom is 0.0625 e. The van der Waals surface area contributed by atoms with Crippen molar-refractivity contribution in [1.29, 1.82) is 5.26 Å². The number of nitriles is 1. The second-order valence-electron chi connectivity index (χ2n) is 3.01. The Bertz CT molecular complexity index is 149. The monoisotopic (exact) mass is 139 g/mol. The van der Waals surface area contributed by atoms with Crippen LogP contribution in [0.25, 0.3) is 0 Å². The Morgan fingerprint density at radius 2 is 2.40 bits per heavy atom. The van der Waals surface area contributed by atoms with Gasteiger partial charge in [0, 0.05) is 31.5 Å². The van der Waals surface area contributed by atoms with Crippen molar-refractivity contribution in [1.82, 2.24) is 4.90 Å². The first-order valence-corrected chi connectivity index (χ1v) is 3.55. The Kier molecular flexibility index (Phi) is 2.25. The lowest BCUT2D eigenvalue weighted by Gasteiger charge is -2.07. The maximum absolute atomic E-state index is 8.41. The molecule has 1 fully saturated rings. The summed E-state index contributed by atoms with van der Waals surface area (Å²) in [5.74, 6) is 0.398. The van der Waals surface area contributed by atoms with E-state index in [-0.39, 0.29) is 6.04 Å². The Morgan fingerprint density at radius 1 is 1.70 bits per heavy atom. The first-order valence-electron chi connectivity index (χ1n) is 3.55. The van der Waals surface area contributed by atoms with E-state index in [2.05, 4.69) is 11.0 Å². The smallest absolute Gasteiger partial charge is 0.0625 e. The van der Waals surface area contributed by atoms with Gasteiger partial charge in [-0.15, -0.1) is 0 Å². The van der Waals surface area contributed by atoms with Crippen LogP contribution in [-0.4, -0.2) is 31.1 Å². The van der Waals surface area contributed by atoms with Crippen LogP contribution in [0, 0.1) is 17.2 Å². The van der Waals surface area contributed by atoms with Crippen LogP contribution in [0.2, 0.25) is 0 Å². The van der Waals surface area contributed by atoms with Gasteiger partial charge in [-0.3, -0.25) is 0 Å². The summed E-state index contributed by atoms with van der Waals surface area (Å²) in [5.41, 5.74) is 5.76. The zero-order valence-electron chi connectivity index (χ0n) is 6.25. The minimum atomic E-state index is 0.213. The van der Waals surface area contributed by atoms with Crippen LogP contribution in [0.5, 0.6) is 0 Å². The molecule has 1 aliphatic rings. The molecule has 2 unspecified atom stereocenters. The molecule has 0 aromatic carbocycles. The highest BCUT2D eigenvalue weighted by Crippen LogP contribution is 2.15. The highest BCUT2D eigenvalue weighted by atomic mass is 15.1. The first-order chi connectivity index (χ1) is 4.74. The summed E-state index contributed by atoms with van der Waals surface area (Å²) in [6, 6.07) is 2.37. The molecule has 0 aliphatic carbocycles. The molecule has 1 aliphatic heterocycles. The molecule has 2 N–H and O–H groups in total. The van der Waals surface area contributed by atoms with Crippen LogP contribution < -0.4 is 5.73 Å². The van der Waals surface area contributed by atoms with Crippen LogP contribution >= 0.6 is 0 Å². The first kappa shape index (κ1) is 7.52. The number of hydrogen-bond donors (Lipinski definition) is 1. The van der Waals surface area contributed by atoms with Crippen molar-refractivity contribution in [2.75, 3.05) is 20.1 Å². The summed E-state index contributed by atoms with van der Waals surface area (Å²) in [4.78, 5) is 2.17. The van der Waals surface area contributed by atoms with Crippen molar-refractivity contribution in [2.45, 2.75) is 12.5 Å². The third-order valence-electron chi connectivity index (χ3n) is 2.03. The van der Waals surface area contributed by atoms with Crippen LogP contribution in [0.1, 0.15) is 6.42 Å². The lowest BCUT2D eigenvalue weighted by atomic mass is 10.0.